The summed E-state index contributed by atoms with van der Waals surface area (Å²) in [6.07, 6.45) is 2.24. The van der Waals surface area contributed by atoms with Crippen LogP contribution in [0.4, 0.5) is 0 Å². The van der Waals surface area contributed by atoms with Gasteiger partial charge in [0, 0.05) is 32.3 Å². The van der Waals surface area contributed by atoms with Crippen LogP contribution in [0.5, 0.6) is 0 Å². The van der Waals surface area contributed by atoms with E-state index < -0.39 is 0 Å². The zero-order valence-electron chi connectivity index (χ0n) is 17.5. The van der Waals surface area contributed by atoms with Crippen molar-refractivity contribution < 1.29 is 4.57 Å². The van der Waals surface area contributed by atoms with E-state index in [1.165, 1.54) is 75.8 Å². The van der Waals surface area contributed by atoms with E-state index in [9.17, 15) is 0 Å². The van der Waals surface area contributed by atoms with Crippen molar-refractivity contribution in [2.24, 2.45) is 7.05 Å². The molecule has 0 unspecified atom stereocenters. The number of aromatic nitrogens is 2. The number of nitrogens with zero attached hydrogens (tertiary/aromatic N) is 2. The predicted molar refractivity (Wildman–Crippen MR) is 129 cm³/mol. The molecule has 4 heterocycles. The van der Waals surface area contributed by atoms with E-state index in [2.05, 4.69) is 90.8 Å². The predicted octanol–water partition coefficient (Wildman–Crippen LogP) is 6.95. The van der Waals surface area contributed by atoms with Crippen molar-refractivity contribution in [3.05, 3.63) is 70.7 Å². The first-order valence-corrected chi connectivity index (χ1v) is 11.3. The lowest BCUT2D eigenvalue weighted by molar-refractivity contribution is -0.643. The van der Waals surface area contributed by atoms with Gasteiger partial charge < -0.3 is 4.40 Å². The van der Waals surface area contributed by atoms with Crippen LogP contribution in [0, 0.1) is 20.8 Å². The van der Waals surface area contributed by atoms with Gasteiger partial charge in [0.2, 0.25) is 5.52 Å². The third kappa shape index (κ3) is 1.71. The molecule has 0 aliphatic carbocycles. The molecule has 3 heteroatoms. The Hall–Kier alpha value is -3.17. The molecule has 0 amide bonds. The summed E-state index contributed by atoms with van der Waals surface area (Å²) in [4.78, 5) is 0. The van der Waals surface area contributed by atoms with Crippen LogP contribution in [0.1, 0.15) is 16.7 Å². The molecule has 7 aromatic rings. The highest BCUT2D eigenvalue weighted by molar-refractivity contribution is 7.18. The van der Waals surface area contributed by atoms with Crippen molar-refractivity contribution in [2.45, 2.75) is 20.8 Å². The van der Waals surface area contributed by atoms with Gasteiger partial charge in [-0.3, -0.25) is 0 Å². The van der Waals surface area contributed by atoms with Crippen LogP contribution in [-0.2, 0) is 7.05 Å². The van der Waals surface area contributed by atoms with Crippen LogP contribution in [0.2, 0.25) is 0 Å². The minimum atomic E-state index is 1.30. The van der Waals surface area contributed by atoms with Gasteiger partial charge >= 0.3 is 0 Å². The average molecular weight is 406 g/mol. The van der Waals surface area contributed by atoms with Gasteiger partial charge in [0.25, 0.3) is 0 Å². The summed E-state index contributed by atoms with van der Waals surface area (Å²) in [6, 6.07) is 15.9. The summed E-state index contributed by atoms with van der Waals surface area (Å²) in [5, 5.41) is 10.5. The lowest BCUT2D eigenvalue weighted by Crippen LogP contribution is -2.29. The molecule has 0 saturated heterocycles. The number of thiophene rings is 1. The smallest absolute Gasteiger partial charge is 0.224 e. The Morgan fingerprint density at radius 2 is 1.60 bits per heavy atom. The summed E-state index contributed by atoms with van der Waals surface area (Å²) >= 11 is 1.86. The second-order valence-electron chi connectivity index (χ2n) is 8.66. The van der Waals surface area contributed by atoms with E-state index >= 15 is 0 Å². The minimum absolute atomic E-state index is 1.30. The molecule has 2 nitrogen and oxygen atoms in total. The van der Waals surface area contributed by atoms with Crippen molar-refractivity contribution in [3.8, 4) is 0 Å². The lowest BCUT2D eigenvalue weighted by atomic mass is 9.94. The van der Waals surface area contributed by atoms with Crippen molar-refractivity contribution in [3.63, 3.8) is 0 Å². The molecule has 4 aromatic heterocycles. The zero-order chi connectivity index (χ0) is 20.3. The van der Waals surface area contributed by atoms with Crippen LogP contribution in [0.25, 0.3) is 59.1 Å². The number of hydrogen-bond acceptors (Lipinski definition) is 1. The zero-order valence-corrected chi connectivity index (χ0v) is 18.3. The number of pyridine rings is 2. The number of benzene rings is 3. The first kappa shape index (κ1) is 16.6. The number of aryl methyl sites for hydroxylation is 4. The van der Waals surface area contributed by atoms with E-state index in [0.29, 0.717) is 0 Å². The number of hydrogen-bond donors (Lipinski definition) is 0. The maximum atomic E-state index is 2.55. The Kier molecular flexibility index (Phi) is 2.93. The van der Waals surface area contributed by atoms with E-state index in [-0.39, 0.29) is 0 Å². The van der Waals surface area contributed by atoms with Gasteiger partial charge in [-0.2, -0.15) is 0 Å². The van der Waals surface area contributed by atoms with Crippen molar-refractivity contribution in [1.82, 2.24) is 4.40 Å². The van der Waals surface area contributed by atoms with E-state index in [4.69, 9.17) is 0 Å². The summed E-state index contributed by atoms with van der Waals surface area (Å²) < 4.78 is 6.27. The van der Waals surface area contributed by atoms with Crippen LogP contribution >= 0.6 is 11.3 Å². The Balaban J connectivity index is 2.07. The molecule has 0 bridgehead atoms. The van der Waals surface area contributed by atoms with Crippen molar-refractivity contribution in [1.29, 1.82) is 0 Å². The topological polar surface area (TPSA) is 8.29 Å². The maximum Gasteiger partial charge on any atom is 0.224 e. The lowest BCUT2D eigenvalue weighted by Gasteiger charge is -2.16. The van der Waals surface area contributed by atoms with Crippen LogP contribution < -0.4 is 4.57 Å². The number of fused-ring (bicyclic) bond motifs is 9. The van der Waals surface area contributed by atoms with E-state index in [0.717, 1.165) is 0 Å². The van der Waals surface area contributed by atoms with Crippen LogP contribution in [-0.4, -0.2) is 4.40 Å². The molecule has 144 valence electrons. The SMILES string of the molecule is Cc1cc(C)c2c(c1C)c1c3c(cc[n+]1C)c1sccc1c1c4ccccc4n2c13. The van der Waals surface area contributed by atoms with Gasteiger partial charge in [-0.15, -0.1) is 11.3 Å². The third-order valence-corrected chi connectivity index (χ3v) is 8.03. The van der Waals surface area contributed by atoms with Gasteiger partial charge in [-0.1, -0.05) is 24.3 Å². The molecule has 0 fully saturated rings. The number of rotatable bonds is 0. The third-order valence-electron chi connectivity index (χ3n) is 7.08. The molecular formula is C27H21N2S+. The first-order chi connectivity index (χ1) is 14.6. The second kappa shape index (κ2) is 5.30. The fourth-order valence-electron chi connectivity index (χ4n) is 5.73. The molecule has 0 saturated carbocycles. The van der Waals surface area contributed by atoms with Crippen LogP contribution in [0.3, 0.4) is 0 Å². The quantitative estimate of drug-likeness (QED) is 0.146. The van der Waals surface area contributed by atoms with E-state index in [1.807, 2.05) is 11.3 Å². The fraction of sp³-hybridized carbons (Fsp3) is 0.148. The van der Waals surface area contributed by atoms with Gasteiger partial charge in [-0.05, 0) is 55.0 Å². The summed E-state index contributed by atoms with van der Waals surface area (Å²) in [6.45, 7) is 6.79. The Labute approximate surface area is 177 Å². The van der Waals surface area contributed by atoms with E-state index in [1.54, 1.807) is 0 Å². The highest BCUT2D eigenvalue weighted by Crippen LogP contribution is 2.47. The highest BCUT2D eigenvalue weighted by Gasteiger charge is 2.27. The van der Waals surface area contributed by atoms with Gasteiger partial charge in [0.1, 0.15) is 7.05 Å². The highest BCUT2D eigenvalue weighted by atomic mass is 32.1. The van der Waals surface area contributed by atoms with Crippen molar-refractivity contribution in [2.75, 3.05) is 0 Å². The molecule has 0 spiro atoms. The normalized spacial score (nSPS) is 12.7. The molecule has 7 rings (SSSR count). The van der Waals surface area contributed by atoms with Crippen molar-refractivity contribution >= 4 is 70.4 Å². The molecule has 0 N–H and O–H groups in total. The maximum absolute atomic E-state index is 2.55. The summed E-state index contributed by atoms with van der Waals surface area (Å²) in [5.41, 5.74) is 9.43. The summed E-state index contributed by atoms with van der Waals surface area (Å²) in [5.74, 6) is 0. The molecule has 30 heavy (non-hydrogen) atoms. The largest absolute Gasteiger partial charge is 0.307 e. The van der Waals surface area contributed by atoms with Gasteiger partial charge in [0.15, 0.2) is 6.20 Å². The Morgan fingerprint density at radius 1 is 0.800 bits per heavy atom. The fourth-order valence-corrected chi connectivity index (χ4v) is 6.66. The Morgan fingerprint density at radius 3 is 2.47 bits per heavy atom. The molecule has 0 aliphatic rings. The Bertz CT molecular complexity index is 1810. The summed E-state index contributed by atoms with van der Waals surface area (Å²) in [7, 11) is 2.19. The molecule has 0 aliphatic heterocycles. The standard InChI is InChI=1S/C27H21N2S/c1-14-13-15(2)24-21(16(14)3)25-23-18(9-11-28(25)4)27-19(10-12-30-27)22-17-7-5-6-8-20(17)29(24)26(22)23/h5-13H,1-4H3/q+1. The average Bonchev–Trinajstić information content (AvgIpc) is 3.35. The first-order valence-electron chi connectivity index (χ1n) is 10.4. The van der Waals surface area contributed by atoms with Gasteiger partial charge in [0.05, 0.1) is 27.3 Å². The molecule has 0 radical (unpaired) electrons. The van der Waals surface area contributed by atoms with Crippen LogP contribution in [0.15, 0.2) is 54.0 Å². The molecule has 3 aromatic carbocycles. The molecule has 0 atom stereocenters. The second-order valence-corrected chi connectivity index (χ2v) is 9.58. The molecular weight excluding hydrogens is 384 g/mol. The van der Waals surface area contributed by atoms with Gasteiger partial charge in [-0.25, -0.2) is 4.57 Å². The monoisotopic (exact) mass is 405 g/mol. The number of para-hydroxylation sites is 1. The minimum Gasteiger partial charge on any atom is -0.307 e.